The fourth-order valence-electron chi connectivity index (χ4n) is 2.18. The summed E-state index contributed by atoms with van der Waals surface area (Å²) in [6, 6.07) is 8.51. The zero-order valence-electron chi connectivity index (χ0n) is 11.6. The molecule has 3 rings (SSSR count). The first-order chi connectivity index (χ1) is 10.5. The van der Waals surface area contributed by atoms with E-state index in [1.807, 2.05) is 6.92 Å². The third-order valence-corrected chi connectivity index (χ3v) is 4.76. The van der Waals surface area contributed by atoms with Crippen molar-refractivity contribution in [3.8, 4) is 0 Å². The Kier molecular flexibility index (Phi) is 3.84. The van der Waals surface area contributed by atoms with Gasteiger partial charge in [0, 0.05) is 14.9 Å². The van der Waals surface area contributed by atoms with Crippen LogP contribution in [-0.4, -0.2) is 15.3 Å². The van der Waals surface area contributed by atoms with Gasteiger partial charge in [0.05, 0.1) is 11.9 Å². The quantitative estimate of drug-likeness (QED) is 0.712. The number of carbonyl (C=O) groups is 1. The summed E-state index contributed by atoms with van der Waals surface area (Å²) in [5.41, 5.74) is -0.547. The van der Waals surface area contributed by atoms with E-state index in [0.29, 0.717) is 15.8 Å². The summed E-state index contributed by atoms with van der Waals surface area (Å²) in [6.07, 6.45) is 0. The van der Waals surface area contributed by atoms with Gasteiger partial charge in [-0.3, -0.25) is 19.1 Å². The van der Waals surface area contributed by atoms with Crippen molar-refractivity contribution in [1.82, 2.24) is 9.55 Å². The minimum Gasteiger partial charge on any atom is -0.298 e. The average molecular weight is 379 g/mol. The highest BCUT2D eigenvalue weighted by molar-refractivity contribution is 9.10. The van der Waals surface area contributed by atoms with Gasteiger partial charge in [0.1, 0.15) is 4.83 Å². The molecule has 0 atom stereocenters. The van der Waals surface area contributed by atoms with Crippen LogP contribution in [0.3, 0.4) is 0 Å². The Labute approximate surface area is 137 Å². The molecule has 5 nitrogen and oxygen atoms in total. The summed E-state index contributed by atoms with van der Waals surface area (Å²) < 4.78 is 1.80. The lowest BCUT2D eigenvalue weighted by atomic mass is 10.1. The number of aromatic nitrogens is 2. The highest BCUT2D eigenvalue weighted by atomic mass is 79.9. The molecule has 0 unspecified atom stereocenters. The molecular formula is C15H11BrN2O3S. The van der Waals surface area contributed by atoms with E-state index in [1.54, 1.807) is 30.3 Å². The van der Waals surface area contributed by atoms with Crippen molar-refractivity contribution < 1.29 is 4.79 Å². The van der Waals surface area contributed by atoms with Gasteiger partial charge in [-0.2, -0.15) is 0 Å². The molecule has 2 aromatic heterocycles. The molecule has 0 saturated carbocycles. The molecule has 0 spiro atoms. The second kappa shape index (κ2) is 5.66. The number of aromatic amines is 1. The number of benzene rings is 1. The smallest absolute Gasteiger partial charge is 0.298 e. The molecule has 0 saturated heterocycles. The van der Waals surface area contributed by atoms with Crippen LogP contribution in [0, 0.1) is 6.92 Å². The van der Waals surface area contributed by atoms with Crippen LogP contribution >= 0.6 is 27.3 Å². The standard InChI is InChI=1S/C15H11BrN2O3S/c1-8-6-11-13(22-8)17-15(21)18(14(11)20)7-12(19)9-2-4-10(16)5-3-9/h2-6H,7H2,1H3,(H,17,21). The topological polar surface area (TPSA) is 71.9 Å². The summed E-state index contributed by atoms with van der Waals surface area (Å²) in [5, 5.41) is 0.436. The van der Waals surface area contributed by atoms with Crippen molar-refractivity contribution in [2.24, 2.45) is 0 Å². The van der Waals surface area contributed by atoms with E-state index >= 15 is 0 Å². The third-order valence-electron chi connectivity index (χ3n) is 3.26. The molecule has 7 heteroatoms. The van der Waals surface area contributed by atoms with Gasteiger partial charge in [-0.25, -0.2) is 4.79 Å². The SMILES string of the molecule is Cc1cc2c(=O)n(CC(=O)c3ccc(Br)cc3)c(=O)[nH]c2s1. The van der Waals surface area contributed by atoms with Crippen LogP contribution in [0.5, 0.6) is 0 Å². The van der Waals surface area contributed by atoms with Gasteiger partial charge >= 0.3 is 5.69 Å². The van der Waals surface area contributed by atoms with Crippen LogP contribution in [0.25, 0.3) is 10.2 Å². The zero-order valence-corrected chi connectivity index (χ0v) is 14.0. The van der Waals surface area contributed by atoms with Crippen molar-refractivity contribution in [1.29, 1.82) is 0 Å². The number of fused-ring (bicyclic) bond motifs is 1. The summed E-state index contributed by atoms with van der Waals surface area (Å²) in [6.45, 7) is 1.58. The molecule has 2 heterocycles. The first-order valence-corrected chi connectivity index (χ1v) is 8.08. The fraction of sp³-hybridized carbons (Fsp3) is 0.133. The van der Waals surface area contributed by atoms with Crippen molar-refractivity contribution in [3.63, 3.8) is 0 Å². The summed E-state index contributed by atoms with van der Waals surface area (Å²) >= 11 is 4.64. The highest BCUT2D eigenvalue weighted by Crippen LogP contribution is 2.18. The van der Waals surface area contributed by atoms with Crippen LogP contribution in [0.15, 0.2) is 44.4 Å². The van der Waals surface area contributed by atoms with Gasteiger partial charge in [-0.15, -0.1) is 11.3 Å². The van der Waals surface area contributed by atoms with Crippen LogP contribution in [0.2, 0.25) is 0 Å². The number of halogens is 1. The van der Waals surface area contributed by atoms with Crippen LogP contribution in [0.4, 0.5) is 0 Å². The Balaban J connectivity index is 2.03. The molecule has 0 fully saturated rings. The maximum atomic E-state index is 12.4. The lowest BCUT2D eigenvalue weighted by molar-refractivity contribution is 0.0969. The number of thiophene rings is 1. The minimum atomic E-state index is -0.565. The minimum absolute atomic E-state index is 0.277. The number of Topliss-reactive ketones (excluding diaryl/α,β-unsaturated/α-hetero) is 1. The van der Waals surface area contributed by atoms with E-state index < -0.39 is 11.2 Å². The fourth-order valence-corrected chi connectivity index (χ4v) is 3.34. The molecule has 1 aromatic carbocycles. The van der Waals surface area contributed by atoms with Gasteiger partial charge in [-0.05, 0) is 25.1 Å². The summed E-state index contributed by atoms with van der Waals surface area (Å²) in [5.74, 6) is -0.286. The number of nitrogens with one attached hydrogen (secondary N) is 1. The molecule has 0 amide bonds. The third kappa shape index (κ3) is 2.69. The monoisotopic (exact) mass is 378 g/mol. The maximum Gasteiger partial charge on any atom is 0.329 e. The maximum absolute atomic E-state index is 12.4. The number of H-pyrrole nitrogens is 1. The predicted octanol–water partition coefficient (Wildman–Crippen LogP) is 2.71. The van der Waals surface area contributed by atoms with Crippen molar-refractivity contribution in [2.75, 3.05) is 0 Å². The van der Waals surface area contributed by atoms with Crippen molar-refractivity contribution in [2.45, 2.75) is 13.5 Å². The molecule has 0 aliphatic carbocycles. The molecule has 112 valence electrons. The van der Waals surface area contributed by atoms with Crippen LogP contribution in [0.1, 0.15) is 15.2 Å². The van der Waals surface area contributed by atoms with E-state index in [2.05, 4.69) is 20.9 Å². The number of carbonyl (C=O) groups excluding carboxylic acids is 1. The second-order valence-corrected chi connectivity index (χ2v) is 7.02. The number of hydrogen-bond acceptors (Lipinski definition) is 4. The Bertz CT molecular complexity index is 983. The molecule has 0 bridgehead atoms. The molecule has 0 aliphatic rings. The lowest BCUT2D eigenvalue weighted by Crippen LogP contribution is -2.36. The van der Waals surface area contributed by atoms with Gasteiger partial charge in [0.2, 0.25) is 0 Å². The average Bonchev–Trinajstić information content (AvgIpc) is 2.84. The Hall–Kier alpha value is -1.99. The number of aryl methyl sites for hydroxylation is 1. The summed E-state index contributed by atoms with van der Waals surface area (Å²) in [7, 11) is 0. The molecule has 0 aliphatic heterocycles. The Morgan fingerprint density at radius 1 is 1.27 bits per heavy atom. The van der Waals surface area contributed by atoms with Gasteiger partial charge in [0.15, 0.2) is 5.78 Å². The van der Waals surface area contributed by atoms with E-state index in [0.717, 1.165) is 13.9 Å². The van der Waals surface area contributed by atoms with Crippen LogP contribution < -0.4 is 11.2 Å². The molecule has 3 aromatic rings. The largest absolute Gasteiger partial charge is 0.329 e. The van der Waals surface area contributed by atoms with E-state index in [4.69, 9.17) is 0 Å². The van der Waals surface area contributed by atoms with Gasteiger partial charge in [0.25, 0.3) is 5.56 Å². The summed E-state index contributed by atoms with van der Waals surface area (Å²) in [4.78, 5) is 40.8. The van der Waals surface area contributed by atoms with Crippen LogP contribution in [-0.2, 0) is 6.54 Å². The molecule has 0 radical (unpaired) electrons. The van der Waals surface area contributed by atoms with Crippen molar-refractivity contribution >= 4 is 43.3 Å². The first kappa shape index (κ1) is 14.9. The molecule has 22 heavy (non-hydrogen) atoms. The molecular weight excluding hydrogens is 368 g/mol. The highest BCUT2D eigenvalue weighted by Gasteiger charge is 2.14. The lowest BCUT2D eigenvalue weighted by Gasteiger charge is -2.04. The van der Waals surface area contributed by atoms with Gasteiger partial charge in [-0.1, -0.05) is 28.1 Å². The number of nitrogens with zero attached hydrogens (tertiary/aromatic N) is 1. The van der Waals surface area contributed by atoms with Gasteiger partial charge < -0.3 is 0 Å². The Morgan fingerprint density at radius 2 is 1.95 bits per heavy atom. The van der Waals surface area contributed by atoms with E-state index in [9.17, 15) is 14.4 Å². The number of hydrogen-bond donors (Lipinski definition) is 1. The number of ketones is 1. The van der Waals surface area contributed by atoms with E-state index in [-0.39, 0.29) is 12.3 Å². The predicted molar refractivity (Wildman–Crippen MR) is 89.9 cm³/mol. The first-order valence-electron chi connectivity index (χ1n) is 6.48. The van der Waals surface area contributed by atoms with Crippen molar-refractivity contribution in [3.05, 3.63) is 66.1 Å². The Morgan fingerprint density at radius 3 is 2.64 bits per heavy atom. The second-order valence-electron chi connectivity index (χ2n) is 4.85. The zero-order chi connectivity index (χ0) is 15.9. The molecule has 1 N–H and O–H groups in total. The number of rotatable bonds is 3. The van der Waals surface area contributed by atoms with E-state index in [1.165, 1.54) is 11.3 Å². The normalized spacial score (nSPS) is 11.0.